The van der Waals surface area contributed by atoms with Gasteiger partial charge in [-0.15, -0.1) is 11.3 Å². The predicted octanol–water partition coefficient (Wildman–Crippen LogP) is 1.69. The van der Waals surface area contributed by atoms with Gasteiger partial charge in [0.1, 0.15) is 0 Å². The lowest BCUT2D eigenvalue weighted by Crippen LogP contribution is -2.53. The summed E-state index contributed by atoms with van der Waals surface area (Å²) in [5.41, 5.74) is -0.514. The second kappa shape index (κ2) is 5.88. The molecule has 0 saturated carbocycles. The molecule has 2 N–H and O–H groups in total. The average Bonchev–Trinajstić information content (AvgIpc) is 2.82. The van der Waals surface area contributed by atoms with Crippen molar-refractivity contribution in [2.75, 3.05) is 24.6 Å². The number of ether oxygens (including phenoxy) is 1. The summed E-state index contributed by atoms with van der Waals surface area (Å²) in [5, 5.41) is 30.7. The number of aliphatic hydroxyl groups excluding tert-OH is 2. The molecular formula is C13H20N2O5S. The topological polar surface area (TPSA) is 96.1 Å². The Kier molecular flexibility index (Phi) is 4.52. The number of hydrogen-bond donors (Lipinski definition) is 2. The molecule has 1 aliphatic heterocycles. The summed E-state index contributed by atoms with van der Waals surface area (Å²) in [6, 6.07) is 1.42. The molecule has 118 valence electrons. The van der Waals surface area contributed by atoms with E-state index in [-0.39, 0.29) is 18.4 Å². The second-order valence-electron chi connectivity index (χ2n) is 5.83. The van der Waals surface area contributed by atoms with Gasteiger partial charge in [0.15, 0.2) is 5.00 Å². The third kappa shape index (κ3) is 3.52. The fourth-order valence-electron chi connectivity index (χ4n) is 2.50. The van der Waals surface area contributed by atoms with Crippen LogP contribution in [-0.2, 0) is 4.74 Å². The van der Waals surface area contributed by atoms with Crippen molar-refractivity contribution in [1.82, 2.24) is 0 Å². The van der Waals surface area contributed by atoms with Crippen LogP contribution in [-0.4, -0.2) is 46.5 Å². The number of anilines is 1. The Labute approximate surface area is 126 Å². The Morgan fingerprint density at radius 3 is 2.86 bits per heavy atom. The number of nitrogens with zero attached hydrogens (tertiary/aromatic N) is 2. The molecule has 2 rings (SSSR count). The average molecular weight is 316 g/mol. The largest absolute Gasteiger partial charge is 0.394 e. The van der Waals surface area contributed by atoms with E-state index < -0.39 is 16.6 Å². The highest BCUT2D eigenvalue weighted by atomic mass is 32.1. The minimum atomic E-state index is -0.745. The van der Waals surface area contributed by atoms with Crippen LogP contribution in [0.4, 0.5) is 10.7 Å². The van der Waals surface area contributed by atoms with Gasteiger partial charge < -0.3 is 19.8 Å². The summed E-state index contributed by atoms with van der Waals surface area (Å²) in [5.74, 6) is 0. The zero-order chi connectivity index (χ0) is 15.8. The Morgan fingerprint density at radius 2 is 2.33 bits per heavy atom. The Balaban J connectivity index is 2.37. The first kappa shape index (κ1) is 16.2. The molecular weight excluding hydrogens is 296 g/mol. The zero-order valence-electron chi connectivity index (χ0n) is 12.3. The van der Waals surface area contributed by atoms with Crippen molar-refractivity contribution in [3.63, 3.8) is 0 Å². The van der Waals surface area contributed by atoms with Crippen LogP contribution < -0.4 is 4.90 Å². The molecule has 1 fully saturated rings. The van der Waals surface area contributed by atoms with Crippen molar-refractivity contribution in [3.05, 3.63) is 21.1 Å². The second-order valence-corrected chi connectivity index (χ2v) is 6.90. The minimum absolute atomic E-state index is 0.00899. The Hall–Kier alpha value is -1.22. The van der Waals surface area contributed by atoms with Gasteiger partial charge in [-0.3, -0.25) is 10.1 Å². The quantitative estimate of drug-likeness (QED) is 0.648. The van der Waals surface area contributed by atoms with Gasteiger partial charge in [-0.1, -0.05) is 0 Å². The van der Waals surface area contributed by atoms with Crippen LogP contribution in [0.1, 0.15) is 31.8 Å². The fourth-order valence-corrected chi connectivity index (χ4v) is 3.57. The number of aliphatic hydroxyl groups is 2. The van der Waals surface area contributed by atoms with Crippen LogP contribution in [0.3, 0.4) is 0 Å². The van der Waals surface area contributed by atoms with E-state index in [1.54, 1.807) is 6.92 Å². The zero-order valence-corrected chi connectivity index (χ0v) is 13.1. The summed E-state index contributed by atoms with van der Waals surface area (Å²) in [7, 11) is 0. The summed E-state index contributed by atoms with van der Waals surface area (Å²) in [6.07, 6.45) is -1.13. The third-order valence-electron chi connectivity index (χ3n) is 3.29. The van der Waals surface area contributed by atoms with Crippen molar-refractivity contribution >= 4 is 22.0 Å². The van der Waals surface area contributed by atoms with Gasteiger partial charge in [0.05, 0.1) is 29.3 Å². The molecule has 0 aromatic carbocycles. The Bertz CT molecular complexity index is 529. The minimum Gasteiger partial charge on any atom is -0.394 e. The van der Waals surface area contributed by atoms with Crippen LogP contribution >= 0.6 is 11.3 Å². The lowest BCUT2D eigenvalue weighted by atomic mass is 10.1. The summed E-state index contributed by atoms with van der Waals surface area (Å²) < 4.78 is 5.72. The van der Waals surface area contributed by atoms with Gasteiger partial charge in [0, 0.05) is 24.0 Å². The van der Waals surface area contributed by atoms with Gasteiger partial charge in [-0.2, -0.15) is 0 Å². The molecule has 0 amide bonds. The highest BCUT2D eigenvalue weighted by Crippen LogP contribution is 2.42. The lowest BCUT2D eigenvalue weighted by Gasteiger charge is -2.42. The summed E-state index contributed by atoms with van der Waals surface area (Å²) in [4.78, 5) is 13.2. The molecule has 0 bridgehead atoms. The number of thiophene rings is 1. The molecule has 21 heavy (non-hydrogen) atoms. The maximum Gasteiger partial charge on any atom is 0.304 e. The van der Waals surface area contributed by atoms with Crippen molar-refractivity contribution in [1.29, 1.82) is 0 Å². The van der Waals surface area contributed by atoms with E-state index in [9.17, 15) is 20.3 Å². The van der Waals surface area contributed by atoms with Crippen molar-refractivity contribution in [3.8, 4) is 0 Å². The molecule has 1 aliphatic rings. The van der Waals surface area contributed by atoms with E-state index in [0.29, 0.717) is 23.0 Å². The van der Waals surface area contributed by atoms with Crippen LogP contribution in [0.25, 0.3) is 0 Å². The van der Waals surface area contributed by atoms with E-state index in [1.807, 2.05) is 18.7 Å². The molecule has 8 heteroatoms. The van der Waals surface area contributed by atoms with Gasteiger partial charge in [0.25, 0.3) is 0 Å². The maximum atomic E-state index is 11.2. The van der Waals surface area contributed by atoms with Gasteiger partial charge in [0.2, 0.25) is 0 Å². The summed E-state index contributed by atoms with van der Waals surface area (Å²) >= 11 is 1.21. The highest BCUT2D eigenvalue weighted by Gasteiger charge is 2.37. The lowest BCUT2D eigenvalue weighted by molar-refractivity contribution is -0.383. The number of morpholine rings is 1. The van der Waals surface area contributed by atoms with Crippen LogP contribution in [0, 0.1) is 10.1 Å². The predicted molar refractivity (Wildman–Crippen MR) is 79.9 cm³/mol. The molecule has 0 spiro atoms. The SMILES string of the molecule is CC(O)c1cc([N+](=O)[O-])c(N2CC(CO)OC(C)(C)C2)s1. The number of rotatable bonds is 4. The molecule has 2 unspecified atom stereocenters. The molecule has 1 aromatic heterocycles. The van der Waals surface area contributed by atoms with Crippen molar-refractivity contribution in [2.24, 2.45) is 0 Å². The third-order valence-corrected chi connectivity index (χ3v) is 4.65. The van der Waals surface area contributed by atoms with Crippen LogP contribution in [0.5, 0.6) is 0 Å². The smallest absolute Gasteiger partial charge is 0.304 e. The van der Waals surface area contributed by atoms with E-state index in [0.717, 1.165) is 0 Å². The molecule has 0 radical (unpaired) electrons. The van der Waals surface area contributed by atoms with E-state index in [2.05, 4.69) is 0 Å². The molecule has 7 nitrogen and oxygen atoms in total. The highest BCUT2D eigenvalue weighted by molar-refractivity contribution is 7.16. The molecule has 2 heterocycles. The normalized spacial score (nSPS) is 23.1. The van der Waals surface area contributed by atoms with Crippen molar-refractivity contribution in [2.45, 2.75) is 38.6 Å². The fraction of sp³-hybridized carbons (Fsp3) is 0.692. The molecule has 2 atom stereocenters. The van der Waals surface area contributed by atoms with Crippen LogP contribution in [0.15, 0.2) is 6.07 Å². The maximum absolute atomic E-state index is 11.2. The number of nitro groups is 1. The molecule has 1 saturated heterocycles. The van der Waals surface area contributed by atoms with Gasteiger partial charge >= 0.3 is 5.69 Å². The molecule has 1 aromatic rings. The standard InChI is InChI=1S/C13H20N2O5S/c1-8(17)11-4-10(15(18)19)12(21-11)14-5-9(6-16)20-13(2,3)7-14/h4,8-9,16-17H,5-7H2,1-3H3. The monoisotopic (exact) mass is 316 g/mol. The first-order chi connectivity index (χ1) is 9.73. The summed E-state index contributed by atoms with van der Waals surface area (Å²) in [6.45, 7) is 6.10. The first-order valence-corrected chi connectivity index (χ1v) is 7.55. The van der Waals surface area contributed by atoms with Crippen molar-refractivity contribution < 1.29 is 19.9 Å². The van der Waals surface area contributed by atoms with Gasteiger partial charge in [-0.25, -0.2) is 0 Å². The molecule has 0 aliphatic carbocycles. The van der Waals surface area contributed by atoms with E-state index in [4.69, 9.17) is 4.74 Å². The van der Waals surface area contributed by atoms with Gasteiger partial charge in [-0.05, 0) is 20.8 Å². The first-order valence-electron chi connectivity index (χ1n) is 6.73. The van der Waals surface area contributed by atoms with E-state index >= 15 is 0 Å². The van der Waals surface area contributed by atoms with Crippen LogP contribution in [0.2, 0.25) is 0 Å². The Morgan fingerprint density at radius 1 is 1.67 bits per heavy atom. The number of hydrogen-bond acceptors (Lipinski definition) is 7. The van der Waals surface area contributed by atoms with E-state index in [1.165, 1.54) is 17.4 Å².